The van der Waals surface area contributed by atoms with Crippen molar-refractivity contribution >= 4 is 32.5 Å². The first kappa shape index (κ1) is 11.6. The summed E-state index contributed by atoms with van der Waals surface area (Å²) in [7, 11) is -1.19. The lowest BCUT2D eigenvalue weighted by Crippen LogP contribution is -2.08. The van der Waals surface area contributed by atoms with Crippen LogP contribution >= 0.6 is 15.9 Å². The van der Waals surface area contributed by atoms with Gasteiger partial charge in [-0.2, -0.15) is 0 Å². The molecule has 1 rings (SSSR count). The summed E-state index contributed by atoms with van der Waals surface area (Å²) in [4.78, 5) is 11.8. The normalized spacial score (nSPS) is 12.4. The van der Waals surface area contributed by atoms with Crippen molar-refractivity contribution in [2.45, 2.75) is 18.2 Å². The van der Waals surface area contributed by atoms with Crippen LogP contribution in [0.2, 0.25) is 0 Å². The van der Waals surface area contributed by atoms with Crippen LogP contribution in [-0.2, 0) is 15.6 Å². The Morgan fingerprint density at radius 3 is 2.43 bits per heavy atom. The van der Waals surface area contributed by atoms with Crippen LogP contribution in [0.4, 0.5) is 0 Å². The third-order valence-electron chi connectivity index (χ3n) is 1.76. The first-order valence-electron chi connectivity index (χ1n) is 4.29. The highest BCUT2D eigenvalue weighted by molar-refractivity contribution is 9.10. The third kappa shape index (κ3) is 3.35. The van der Waals surface area contributed by atoms with Gasteiger partial charge >= 0.3 is 0 Å². The van der Waals surface area contributed by atoms with Crippen LogP contribution in [0.5, 0.6) is 0 Å². The van der Waals surface area contributed by atoms with E-state index < -0.39 is 10.8 Å². The van der Waals surface area contributed by atoms with E-state index in [-0.39, 0.29) is 11.5 Å². The zero-order chi connectivity index (χ0) is 10.6. The van der Waals surface area contributed by atoms with E-state index in [1.165, 1.54) is 0 Å². The standard InChI is InChI=1S/C10H11BrO2S/c1-2-9(12)7-14(13)10-5-3-8(11)4-6-10/h3-6H,2,7H2,1H3. The highest BCUT2D eigenvalue weighted by atomic mass is 79.9. The fourth-order valence-electron chi connectivity index (χ4n) is 0.918. The molecule has 2 nitrogen and oxygen atoms in total. The number of hydrogen-bond donors (Lipinski definition) is 0. The second-order valence-electron chi connectivity index (χ2n) is 2.84. The maximum Gasteiger partial charge on any atom is 0.145 e. The molecule has 0 radical (unpaired) electrons. The monoisotopic (exact) mass is 274 g/mol. The van der Waals surface area contributed by atoms with Gasteiger partial charge in [-0.3, -0.25) is 9.00 Å². The molecule has 0 N–H and O–H groups in total. The van der Waals surface area contributed by atoms with Gasteiger partial charge in [-0.15, -0.1) is 0 Å². The number of rotatable bonds is 4. The summed E-state index contributed by atoms with van der Waals surface area (Å²) >= 11 is 3.29. The number of hydrogen-bond acceptors (Lipinski definition) is 2. The first-order chi connectivity index (χ1) is 6.63. The van der Waals surface area contributed by atoms with Crippen molar-refractivity contribution in [3.8, 4) is 0 Å². The van der Waals surface area contributed by atoms with Gasteiger partial charge in [0.15, 0.2) is 0 Å². The Bertz CT molecular complexity index is 346. The van der Waals surface area contributed by atoms with Crippen molar-refractivity contribution in [3.63, 3.8) is 0 Å². The molecule has 0 aliphatic carbocycles. The Labute approximate surface area is 94.3 Å². The minimum absolute atomic E-state index is 0.0336. The molecule has 0 spiro atoms. The molecule has 0 aliphatic rings. The predicted molar refractivity (Wildman–Crippen MR) is 60.7 cm³/mol. The quantitative estimate of drug-likeness (QED) is 0.846. The number of ketones is 1. The van der Waals surface area contributed by atoms with Crippen LogP contribution in [0.3, 0.4) is 0 Å². The van der Waals surface area contributed by atoms with E-state index in [1.54, 1.807) is 19.1 Å². The van der Waals surface area contributed by atoms with Crippen LogP contribution in [0.1, 0.15) is 13.3 Å². The van der Waals surface area contributed by atoms with Crippen molar-refractivity contribution in [2.75, 3.05) is 5.75 Å². The third-order valence-corrected chi connectivity index (χ3v) is 3.67. The minimum Gasteiger partial charge on any atom is -0.299 e. The average molecular weight is 275 g/mol. The molecular formula is C10H11BrO2S. The SMILES string of the molecule is CCC(=O)CS(=O)c1ccc(Br)cc1. The lowest BCUT2D eigenvalue weighted by atomic mass is 10.4. The summed E-state index contributed by atoms with van der Waals surface area (Å²) in [5.74, 6) is 0.157. The lowest BCUT2D eigenvalue weighted by Gasteiger charge is -2.00. The van der Waals surface area contributed by atoms with Crippen molar-refractivity contribution in [1.82, 2.24) is 0 Å². The Morgan fingerprint density at radius 1 is 1.36 bits per heavy atom. The Morgan fingerprint density at radius 2 is 1.93 bits per heavy atom. The molecule has 0 aliphatic heterocycles. The van der Waals surface area contributed by atoms with Gasteiger partial charge < -0.3 is 0 Å². The number of carbonyl (C=O) groups excluding carboxylic acids is 1. The Hall–Kier alpha value is -0.480. The predicted octanol–water partition coefficient (Wildman–Crippen LogP) is 2.54. The van der Waals surface area contributed by atoms with Gasteiger partial charge in [0, 0.05) is 15.8 Å². The molecule has 4 heteroatoms. The van der Waals surface area contributed by atoms with E-state index in [4.69, 9.17) is 0 Å². The molecule has 0 fully saturated rings. The Kier molecular flexibility index (Phi) is 4.48. The number of halogens is 1. The van der Waals surface area contributed by atoms with Crippen molar-refractivity contribution in [2.24, 2.45) is 0 Å². The summed E-state index contributed by atoms with van der Waals surface area (Å²) in [6.45, 7) is 1.78. The summed E-state index contributed by atoms with van der Waals surface area (Å²) in [6.07, 6.45) is 0.447. The second kappa shape index (κ2) is 5.41. The molecular weight excluding hydrogens is 264 g/mol. The molecule has 1 unspecified atom stereocenters. The lowest BCUT2D eigenvalue weighted by molar-refractivity contribution is -0.116. The number of Topliss-reactive ketones (excluding diaryl/α,β-unsaturated/α-hetero) is 1. The van der Waals surface area contributed by atoms with Crippen molar-refractivity contribution in [3.05, 3.63) is 28.7 Å². The molecule has 1 aromatic carbocycles. The smallest absolute Gasteiger partial charge is 0.145 e. The zero-order valence-corrected chi connectivity index (χ0v) is 10.2. The van der Waals surface area contributed by atoms with Crippen LogP contribution in [0, 0.1) is 0 Å². The van der Waals surface area contributed by atoms with E-state index in [0.29, 0.717) is 11.3 Å². The van der Waals surface area contributed by atoms with Crippen LogP contribution in [-0.4, -0.2) is 15.7 Å². The molecule has 0 heterocycles. The summed E-state index contributed by atoms with van der Waals surface area (Å²) < 4.78 is 12.5. The van der Waals surface area contributed by atoms with Crippen LogP contribution < -0.4 is 0 Å². The fourth-order valence-corrected chi connectivity index (χ4v) is 2.29. The highest BCUT2D eigenvalue weighted by Crippen LogP contribution is 2.13. The first-order valence-corrected chi connectivity index (χ1v) is 6.40. The van der Waals surface area contributed by atoms with Gasteiger partial charge in [-0.25, -0.2) is 0 Å². The highest BCUT2D eigenvalue weighted by Gasteiger charge is 2.07. The summed E-state index contributed by atoms with van der Waals surface area (Å²) in [5, 5.41) is 0. The van der Waals surface area contributed by atoms with Crippen LogP contribution in [0.25, 0.3) is 0 Å². The van der Waals surface area contributed by atoms with Gasteiger partial charge in [0.2, 0.25) is 0 Å². The van der Waals surface area contributed by atoms with Gasteiger partial charge in [-0.1, -0.05) is 22.9 Å². The van der Waals surface area contributed by atoms with Crippen LogP contribution in [0.15, 0.2) is 33.6 Å². The maximum atomic E-state index is 11.6. The average Bonchev–Trinajstić information content (AvgIpc) is 2.18. The topological polar surface area (TPSA) is 34.1 Å². The van der Waals surface area contributed by atoms with Gasteiger partial charge in [-0.05, 0) is 24.3 Å². The number of carbonyl (C=O) groups is 1. The molecule has 0 saturated carbocycles. The Balaban J connectivity index is 2.70. The summed E-state index contributed by atoms with van der Waals surface area (Å²) in [5.41, 5.74) is 0. The van der Waals surface area contributed by atoms with E-state index in [2.05, 4.69) is 15.9 Å². The van der Waals surface area contributed by atoms with Crippen molar-refractivity contribution < 1.29 is 9.00 Å². The molecule has 0 aromatic heterocycles. The van der Waals surface area contributed by atoms with Crippen molar-refractivity contribution in [1.29, 1.82) is 0 Å². The summed E-state index contributed by atoms with van der Waals surface area (Å²) in [6, 6.07) is 7.18. The van der Waals surface area contributed by atoms with E-state index in [0.717, 1.165) is 4.47 Å². The maximum absolute atomic E-state index is 11.6. The molecule has 14 heavy (non-hydrogen) atoms. The largest absolute Gasteiger partial charge is 0.299 e. The minimum atomic E-state index is -1.19. The van der Waals surface area contributed by atoms with E-state index >= 15 is 0 Å². The fraction of sp³-hybridized carbons (Fsp3) is 0.300. The van der Waals surface area contributed by atoms with E-state index in [1.807, 2.05) is 12.1 Å². The zero-order valence-electron chi connectivity index (χ0n) is 7.83. The molecule has 0 saturated heterocycles. The van der Waals surface area contributed by atoms with Gasteiger partial charge in [0.25, 0.3) is 0 Å². The molecule has 76 valence electrons. The molecule has 0 amide bonds. The van der Waals surface area contributed by atoms with Gasteiger partial charge in [0.1, 0.15) is 5.78 Å². The molecule has 0 bridgehead atoms. The number of benzene rings is 1. The molecule has 1 aromatic rings. The second-order valence-corrected chi connectivity index (χ2v) is 5.20. The van der Waals surface area contributed by atoms with E-state index in [9.17, 15) is 9.00 Å². The van der Waals surface area contributed by atoms with Gasteiger partial charge in [0.05, 0.1) is 16.6 Å². The molecule has 1 atom stereocenters.